The quantitative estimate of drug-likeness (QED) is 0.593. The Balaban J connectivity index is 2.20. The van der Waals surface area contributed by atoms with Crippen LogP contribution in [0.1, 0.15) is 57.8 Å². The van der Waals surface area contributed by atoms with E-state index in [1.165, 1.54) is 11.3 Å². The fraction of sp³-hybridized carbons (Fsp3) is 0.455. The number of rotatable bonds is 7. The third kappa shape index (κ3) is 6.51. The molecule has 0 saturated carbocycles. The summed E-state index contributed by atoms with van der Waals surface area (Å²) < 4.78 is 5.16. The molecular formula is C22H29NO3S. The van der Waals surface area contributed by atoms with Crippen LogP contribution in [0.4, 0.5) is 5.00 Å². The van der Waals surface area contributed by atoms with Crippen LogP contribution in [-0.2, 0) is 9.53 Å². The minimum Gasteiger partial charge on any atom is -0.462 e. The fourth-order valence-corrected chi connectivity index (χ4v) is 4.27. The molecular weight excluding hydrogens is 358 g/mol. The van der Waals surface area contributed by atoms with Gasteiger partial charge in [-0.25, -0.2) is 4.79 Å². The number of anilines is 1. The maximum absolute atomic E-state index is 12.5. The minimum atomic E-state index is -0.408. The molecule has 0 aliphatic carbocycles. The number of carbonyl (C=O) groups is 2. The van der Waals surface area contributed by atoms with E-state index in [-0.39, 0.29) is 17.2 Å². The summed E-state index contributed by atoms with van der Waals surface area (Å²) in [4.78, 5) is 25.8. The van der Waals surface area contributed by atoms with Crippen molar-refractivity contribution in [2.24, 2.45) is 11.3 Å². The number of hydrogen-bond acceptors (Lipinski definition) is 4. The minimum absolute atomic E-state index is 0.0706. The lowest BCUT2D eigenvalue weighted by atomic mass is 9.84. The Morgan fingerprint density at radius 2 is 1.85 bits per heavy atom. The van der Waals surface area contributed by atoms with Crippen molar-refractivity contribution in [2.75, 3.05) is 11.9 Å². The molecule has 1 atom stereocenters. The fourth-order valence-electron chi connectivity index (χ4n) is 3.20. The van der Waals surface area contributed by atoms with Gasteiger partial charge in [-0.15, -0.1) is 11.3 Å². The van der Waals surface area contributed by atoms with Gasteiger partial charge in [-0.2, -0.15) is 0 Å². The first-order valence-electron chi connectivity index (χ1n) is 9.36. The third-order valence-corrected chi connectivity index (χ3v) is 5.13. The number of ether oxygens (including phenoxy) is 1. The number of esters is 1. The van der Waals surface area contributed by atoms with Crippen molar-refractivity contribution in [1.29, 1.82) is 0 Å². The molecule has 0 unspecified atom stereocenters. The van der Waals surface area contributed by atoms with Crippen molar-refractivity contribution in [3.8, 4) is 10.4 Å². The number of benzene rings is 1. The van der Waals surface area contributed by atoms with E-state index in [9.17, 15) is 9.59 Å². The van der Waals surface area contributed by atoms with Crippen molar-refractivity contribution in [2.45, 2.75) is 47.5 Å². The van der Waals surface area contributed by atoms with Gasteiger partial charge in [0.2, 0.25) is 5.91 Å². The van der Waals surface area contributed by atoms with Gasteiger partial charge < -0.3 is 10.1 Å². The van der Waals surface area contributed by atoms with E-state index in [0.717, 1.165) is 16.9 Å². The van der Waals surface area contributed by atoms with E-state index in [1.807, 2.05) is 30.3 Å². The lowest BCUT2D eigenvalue weighted by Crippen LogP contribution is -2.19. The molecule has 5 heteroatoms. The molecule has 1 heterocycles. The summed E-state index contributed by atoms with van der Waals surface area (Å²) in [5, 5.41) is 3.49. The van der Waals surface area contributed by atoms with E-state index >= 15 is 0 Å². The molecule has 1 aromatic carbocycles. The first-order chi connectivity index (χ1) is 12.7. The van der Waals surface area contributed by atoms with Gasteiger partial charge in [-0.3, -0.25) is 4.79 Å². The number of thiophene rings is 1. The average Bonchev–Trinajstić information content (AvgIpc) is 2.97. The maximum atomic E-state index is 12.5. The lowest BCUT2D eigenvalue weighted by molar-refractivity contribution is -0.117. The Bertz CT molecular complexity index is 775. The molecule has 0 radical (unpaired) electrons. The Labute approximate surface area is 165 Å². The summed E-state index contributed by atoms with van der Waals surface area (Å²) in [7, 11) is 0. The molecule has 27 heavy (non-hydrogen) atoms. The monoisotopic (exact) mass is 387 g/mol. The van der Waals surface area contributed by atoms with Gasteiger partial charge in [0.05, 0.1) is 12.2 Å². The van der Waals surface area contributed by atoms with Crippen molar-refractivity contribution in [1.82, 2.24) is 0 Å². The van der Waals surface area contributed by atoms with Crippen LogP contribution >= 0.6 is 11.3 Å². The van der Waals surface area contributed by atoms with Crippen LogP contribution in [0.2, 0.25) is 0 Å². The molecule has 0 aliphatic heterocycles. The van der Waals surface area contributed by atoms with Gasteiger partial charge >= 0.3 is 5.97 Å². The van der Waals surface area contributed by atoms with Crippen LogP contribution in [0.15, 0.2) is 36.4 Å². The second-order valence-electron chi connectivity index (χ2n) is 8.06. The summed E-state index contributed by atoms with van der Waals surface area (Å²) in [6, 6.07) is 11.6. The normalized spacial score (nSPS) is 12.5. The zero-order valence-corrected chi connectivity index (χ0v) is 17.6. The van der Waals surface area contributed by atoms with Crippen molar-refractivity contribution in [3.63, 3.8) is 0 Å². The summed E-state index contributed by atoms with van der Waals surface area (Å²) >= 11 is 1.40. The van der Waals surface area contributed by atoms with Crippen LogP contribution in [0.25, 0.3) is 10.4 Å². The molecule has 0 aliphatic rings. The van der Waals surface area contributed by atoms with Gasteiger partial charge in [0.1, 0.15) is 5.00 Å². The topological polar surface area (TPSA) is 55.4 Å². The van der Waals surface area contributed by atoms with Gasteiger partial charge in [0.15, 0.2) is 0 Å². The van der Waals surface area contributed by atoms with Gasteiger partial charge in [0, 0.05) is 11.3 Å². The van der Waals surface area contributed by atoms with E-state index in [0.29, 0.717) is 23.6 Å². The Hall–Kier alpha value is -2.14. The van der Waals surface area contributed by atoms with Crippen molar-refractivity contribution < 1.29 is 14.3 Å². The van der Waals surface area contributed by atoms with E-state index in [2.05, 4.69) is 33.0 Å². The van der Waals surface area contributed by atoms with Crippen LogP contribution < -0.4 is 5.32 Å². The van der Waals surface area contributed by atoms with Crippen LogP contribution in [0.5, 0.6) is 0 Å². The average molecular weight is 388 g/mol. The Morgan fingerprint density at radius 3 is 2.44 bits per heavy atom. The summed E-state index contributed by atoms with van der Waals surface area (Å²) in [6.07, 6.45) is 1.39. The SMILES string of the molecule is CCOC(=O)c1cc(-c2ccccc2)sc1NC(=O)C[C@H](C)CC(C)(C)C. The largest absolute Gasteiger partial charge is 0.462 e. The highest BCUT2D eigenvalue weighted by molar-refractivity contribution is 7.20. The lowest BCUT2D eigenvalue weighted by Gasteiger charge is -2.22. The van der Waals surface area contributed by atoms with Crippen molar-refractivity contribution >= 4 is 28.2 Å². The van der Waals surface area contributed by atoms with Crippen LogP contribution in [-0.4, -0.2) is 18.5 Å². The molecule has 146 valence electrons. The maximum Gasteiger partial charge on any atom is 0.341 e. The highest BCUT2D eigenvalue weighted by Crippen LogP contribution is 2.36. The molecule has 0 fully saturated rings. The van der Waals surface area contributed by atoms with Crippen LogP contribution in [0, 0.1) is 11.3 Å². The van der Waals surface area contributed by atoms with Crippen LogP contribution in [0.3, 0.4) is 0 Å². The molecule has 0 bridgehead atoms. The number of hydrogen-bond donors (Lipinski definition) is 1. The zero-order chi connectivity index (χ0) is 20.0. The molecule has 2 rings (SSSR count). The smallest absolute Gasteiger partial charge is 0.341 e. The Morgan fingerprint density at radius 1 is 1.19 bits per heavy atom. The standard InChI is InChI=1S/C22H29NO3S/c1-6-26-21(25)17-13-18(16-10-8-7-9-11-16)27-20(17)23-19(24)12-15(2)14-22(3,4)5/h7-11,13,15H,6,12,14H2,1-5H3,(H,23,24)/t15-/m0/s1. The number of nitrogens with one attached hydrogen (secondary N) is 1. The molecule has 1 N–H and O–H groups in total. The second-order valence-corrected chi connectivity index (χ2v) is 9.11. The Kier molecular flexibility index (Phi) is 7.19. The molecule has 0 saturated heterocycles. The first-order valence-corrected chi connectivity index (χ1v) is 10.2. The molecule has 1 amide bonds. The third-order valence-electron chi connectivity index (χ3n) is 4.03. The molecule has 4 nitrogen and oxygen atoms in total. The first kappa shape index (κ1) is 21.2. The van der Waals surface area contributed by atoms with E-state index < -0.39 is 5.97 Å². The van der Waals surface area contributed by atoms with Crippen molar-refractivity contribution in [3.05, 3.63) is 42.0 Å². The van der Waals surface area contributed by atoms with Gasteiger partial charge in [-0.05, 0) is 36.3 Å². The zero-order valence-electron chi connectivity index (χ0n) is 16.8. The highest BCUT2D eigenvalue weighted by Gasteiger charge is 2.22. The van der Waals surface area contributed by atoms with Gasteiger partial charge in [0.25, 0.3) is 0 Å². The molecule has 0 spiro atoms. The second kappa shape index (κ2) is 9.18. The summed E-state index contributed by atoms with van der Waals surface area (Å²) in [5.41, 5.74) is 1.60. The number of amides is 1. The molecule has 2 aromatic rings. The summed E-state index contributed by atoms with van der Waals surface area (Å²) in [6.45, 7) is 10.7. The molecule has 1 aromatic heterocycles. The number of carbonyl (C=O) groups excluding carboxylic acids is 2. The predicted octanol–water partition coefficient (Wildman–Crippen LogP) is 5.99. The van der Waals surface area contributed by atoms with Gasteiger partial charge in [-0.1, -0.05) is 58.0 Å². The predicted molar refractivity (Wildman–Crippen MR) is 112 cm³/mol. The highest BCUT2D eigenvalue weighted by atomic mass is 32.1. The van der Waals surface area contributed by atoms with E-state index in [1.54, 1.807) is 13.0 Å². The van der Waals surface area contributed by atoms with E-state index in [4.69, 9.17) is 4.74 Å². The summed E-state index contributed by atoms with van der Waals surface area (Å²) in [5.74, 6) is -0.211.